The Hall–Kier alpha value is -2.77. The van der Waals surface area contributed by atoms with E-state index in [2.05, 4.69) is 15.5 Å². The fourth-order valence-electron chi connectivity index (χ4n) is 2.84. The molecule has 0 atom stereocenters. The Morgan fingerprint density at radius 2 is 1.96 bits per heavy atom. The molecule has 0 saturated heterocycles. The molecule has 6 nitrogen and oxygen atoms in total. The highest BCUT2D eigenvalue weighted by Crippen LogP contribution is 2.18. The summed E-state index contributed by atoms with van der Waals surface area (Å²) in [6.07, 6.45) is 0. The number of aromatic nitrogens is 3. The average Bonchev–Trinajstić information content (AvgIpc) is 3.06. The summed E-state index contributed by atoms with van der Waals surface area (Å²) < 4.78 is 7.53. The number of nitrogens with one attached hydrogen (secondary N) is 2. The summed E-state index contributed by atoms with van der Waals surface area (Å²) in [5.74, 6) is 0.536. The number of aromatic amines is 1. The van der Waals surface area contributed by atoms with Gasteiger partial charge in [0.25, 0.3) is 0 Å². The van der Waals surface area contributed by atoms with Crippen LogP contribution in [0, 0.1) is 11.7 Å². The quantitative estimate of drug-likeness (QED) is 0.569. The van der Waals surface area contributed by atoms with Gasteiger partial charge in [0.05, 0.1) is 6.61 Å². The van der Waals surface area contributed by atoms with E-state index in [9.17, 15) is 4.79 Å². The minimum Gasteiger partial charge on any atom is -0.377 e. The van der Waals surface area contributed by atoms with Crippen molar-refractivity contribution in [3.8, 4) is 11.4 Å². The number of rotatable bonds is 8. The third-order valence-electron chi connectivity index (χ3n) is 4.32. The number of ether oxygens (including phenoxy) is 1. The zero-order valence-corrected chi connectivity index (χ0v) is 16.9. The van der Waals surface area contributed by atoms with Crippen LogP contribution < -0.4 is 5.32 Å². The third kappa shape index (κ3) is 5.15. The van der Waals surface area contributed by atoms with Crippen LogP contribution in [0.4, 0.5) is 0 Å². The minimum atomic E-state index is -0.121. The molecule has 0 saturated carbocycles. The van der Waals surface area contributed by atoms with E-state index >= 15 is 0 Å². The van der Waals surface area contributed by atoms with Gasteiger partial charge in [-0.3, -0.25) is 14.5 Å². The van der Waals surface area contributed by atoms with Gasteiger partial charge in [-0.1, -0.05) is 48.0 Å². The fourth-order valence-corrected chi connectivity index (χ4v) is 3.04. The van der Waals surface area contributed by atoms with Gasteiger partial charge in [0, 0.05) is 18.7 Å². The second-order valence-corrected chi connectivity index (χ2v) is 6.93. The summed E-state index contributed by atoms with van der Waals surface area (Å²) in [7, 11) is 0. The maximum absolute atomic E-state index is 12.5. The van der Waals surface area contributed by atoms with Crippen LogP contribution in [0.25, 0.3) is 11.4 Å². The van der Waals surface area contributed by atoms with Gasteiger partial charge >= 0.3 is 0 Å². The third-order valence-corrected chi connectivity index (χ3v) is 4.63. The summed E-state index contributed by atoms with van der Waals surface area (Å²) in [6.45, 7) is 5.85. The Kier molecular flexibility index (Phi) is 6.73. The van der Waals surface area contributed by atoms with E-state index < -0.39 is 0 Å². The Labute approximate surface area is 169 Å². The smallest absolute Gasteiger partial charge is 0.240 e. The minimum absolute atomic E-state index is 0.112. The van der Waals surface area contributed by atoms with Crippen molar-refractivity contribution in [1.82, 2.24) is 20.1 Å². The molecule has 2 aromatic carbocycles. The monoisotopic (exact) mass is 396 g/mol. The Balaban J connectivity index is 1.63. The van der Waals surface area contributed by atoms with Crippen LogP contribution in [0.5, 0.6) is 0 Å². The van der Waals surface area contributed by atoms with Crippen molar-refractivity contribution in [2.45, 2.75) is 33.5 Å². The highest BCUT2D eigenvalue weighted by molar-refractivity contribution is 7.71. The van der Waals surface area contributed by atoms with Crippen LogP contribution in [-0.2, 0) is 29.2 Å². The number of hydrogen-bond donors (Lipinski definition) is 2. The van der Waals surface area contributed by atoms with Crippen LogP contribution >= 0.6 is 12.2 Å². The first kappa shape index (κ1) is 20.0. The van der Waals surface area contributed by atoms with Gasteiger partial charge in [0.1, 0.15) is 6.54 Å². The van der Waals surface area contributed by atoms with Crippen molar-refractivity contribution in [3.05, 3.63) is 70.0 Å². The molecule has 0 aliphatic carbocycles. The van der Waals surface area contributed by atoms with Crippen LogP contribution in [-0.4, -0.2) is 27.3 Å². The second-order valence-electron chi connectivity index (χ2n) is 6.54. The molecule has 1 aromatic heterocycles. The molecule has 0 radical (unpaired) electrons. The Morgan fingerprint density at radius 1 is 1.21 bits per heavy atom. The lowest BCUT2D eigenvalue weighted by Crippen LogP contribution is -2.27. The normalized spacial score (nSPS) is 10.8. The molecule has 0 fully saturated rings. The maximum atomic E-state index is 12.5. The molecular weight excluding hydrogens is 372 g/mol. The molecule has 28 heavy (non-hydrogen) atoms. The lowest BCUT2D eigenvalue weighted by Gasteiger charge is -2.09. The lowest BCUT2D eigenvalue weighted by atomic mass is 10.1. The molecule has 0 aliphatic heterocycles. The highest BCUT2D eigenvalue weighted by Gasteiger charge is 2.12. The van der Waals surface area contributed by atoms with E-state index in [1.54, 1.807) is 4.57 Å². The van der Waals surface area contributed by atoms with Crippen molar-refractivity contribution >= 4 is 18.1 Å². The van der Waals surface area contributed by atoms with Crippen LogP contribution in [0.1, 0.15) is 23.6 Å². The summed E-state index contributed by atoms with van der Waals surface area (Å²) in [5, 5.41) is 10.0. The Bertz CT molecular complexity index is 992. The van der Waals surface area contributed by atoms with Gasteiger partial charge in [-0.15, -0.1) is 0 Å². The molecule has 3 rings (SSSR count). The van der Waals surface area contributed by atoms with Gasteiger partial charge in [0.15, 0.2) is 10.6 Å². The van der Waals surface area contributed by atoms with Gasteiger partial charge < -0.3 is 10.1 Å². The maximum Gasteiger partial charge on any atom is 0.240 e. The van der Waals surface area contributed by atoms with E-state index in [0.29, 0.717) is 30.4 Å². The number of nitrogens with zero attached hydrogens (tertiary/aromatic N) is 2. The molecule has 2 N–H and O–H groups in total. The highest BCUT2D eigenvalue weighted by atomic mass is 32.1. The molecule has 7 heteroatoms. The first-order valence-electron chi connectivity index (χ1n) is 9.21. The topological polar surface area (TPSA) is 71.9 Å². The Morgan fingerprint density at radius 3 is 2.68 bits per heavy atom. The first-order valence-corrected chi connectivity index (χ1v) is 9.62. The number of hydrogen-bond acceptors (Lipinski definition) is 4. The predicted octanol–water partition coefficient (Wildman–Crippen LogP) is 3.77. The van der Waals surface area contributed by atoms with Crippen molar-refractivity contribution < 1.29 is 9.53 Å². The first-order chi connectivity index (χ1) is 13.6. The predicted molar refractivity (Wildman–Crippen MR) is 111 cm³/mol. The van der Waals surface area contributed by atoms with Gasteiger partial charge in [-0.25, -0.2) is 0 Å². The molecule has 0 aliphatic rings. The molecule has 1 heterocycles. The lowest BCUT2D eigenvalue weighted by molar-refractivity contribution is -0.121. The van der Waals surface area contributed by atoms with E-state index in [0.717, 1.165) is 22.3 Å². The van der Waals surface area contributed by atoms with E-state index in [4.69, 9.17) is 17.0 Å². The van der Waals surface area contributed by atoms with Crippen molar-refractivity contribution in [2.75, 3.05) is 6.61 Å². The fraction of sp³-hybridized carbons (Fsp3) is 0.286. The summed E-state index contributed by atoms with van der Waals surface area (Å²) in [4.78, 5) is 12.5. The second kappa shape index (κ2) is 9.43. The van der Waals surface area contributed by atoms with Crippen molar-refractivity contribution in [1.29, 1.82) is 0 Å². The van der Waals surface area contributed by atoms with Crippen LogP contribution in [0.2, 0.25) is 0 Å². The molecule has 0 bridgehead atoms. The van der Waals surface area contributed by atoms with Crippen LogP contribution in [0.15, 0.2) is 48.5 Å². The summed E-state index contributed by atoms with van der Waals surface area (Å²) >= 11 is 5.30. The number of carbonyl (C=O) groups excluding carboxylic acids is 1. The van der Waals surface area contributed by atoms with E-state index in [1.807, 2.05) is 62.4 Å². The summed E-state index contributed by atoms with van der Waals surface area (Å²) in [5.41, 5.74) is 4.19. The van der Waals surface area contributed by atoms with Crippen molar-refractivity contribution in [2.24, 2.45) is 0 Å². The molecule has 1 amide bonds. The van der Waals surface area contributed by atoms with Gasteiger partial charge in [-0.05, 0) is 43.3 Å². The number of carbonyl (C=O) groups is 1. The van der Waals surface area contributed by atoms with E-state index in [-0.39, 0.29) is 12.5 Å². The number of benzene rings is 2. The molecule has 3 aromatic rings. The zero-order chi connectivity index (χ0) is 19.9. The number of amides is 1. The van der Waals surface area contributed by atoms with Crippen molar-refractivity contribution in [3.63, 3.8) is 0 Å². The molecular formula is C21H24N4O2S. The van der Waals surface area contributed by atoms with Gasteiger partial charge in [0.2, 0.25) is 5.91 Å². The molecule has 146 valence electrons. The average molecular weight is 397 g/mol. The number of aryl methyl sites for hydroxylation is 1. The standard InChI is InChI=1S/C21H24N4O2S/c1-3-27-14-17-9-7-16(8-10-17)12-22-19(26)13-25-20(23-24-21(25)28)18-6-4-5-15(2)11-18/h4-11H,3,12-14H2,1-2H3,(H,22,26)(H,24,28). The summed E-state index contributed by atoms with van der Waals surface area (Å²) in [6, 6.07) is 16.0. The van der Waals surface area contributed by atoms with Gasteiger partial charge in [-0.2, -0.15) is 5.10 Å². The van der Waals surface area contributed by atoms with Crippen LogP contribution in [0.3, 0.4) is 0 Å². The SMILES string of the molecule is CCOCc1ccc(CNC(=O)Cn2c(-c3cccc(C)c3)n[nH]c2=S)cc1. The number of H-pyrrole nitrogens is 1. The molecule has 0 spiro atoms. The molecule has 0 unspecified atom stereocenters. The largest absolute Gasteiger partial charge is 0.377 e. The van der Waals surface area contributed by atoms with E-state index in [1.165, 1.54) is 0 Å². The zero-order valence-electron chi connectivity index (χ0n) is 16.1.